The Hall–Kier alpha value is -1.33. The highest BCUT2D eigenvalue weighted by Crippen LogP contribution is 2.22. The molecule has 88 valence electrons. The van der Waals surface area contributed by atoms with Gasteiger partial charge in [0.05, 0.1) is 4.88 Å². The number of amides is 1. The monoisotopic (exact) mass is 267 g/mol. The highest BCUT2D eigenvalue weighted by molar-refractivity contribution is 7.80. The molecule has 0 aliphatic rings. The number of benzene rings is 1. The van der Waals surface area contributed by atoms with Crippen molar-refractivity contribution < 1.29 is 9.18 Å². The molecule has 2 aromatic rings. The fourth-order valence-electron chi connectivity index (χ4n) is 1.41. The number of thiophene rings is 1. The zero-order chi connectivity index (χ0) is 12.4. The number of halogens is 1. The molecule has 0 aliphatic carbocycles. The molecule has 0 saturated heterocycles. The van der Waals surface area contributed by atoms with Crippen molar-refractivity contribution in [2.75, 3.05) is 11.9 Å². The van der Waals surface area contributed by atoms with Gasteiger partial charge in [-0.25, -0.2) is 4.39 Å². The number of carbonyl (C=O) groups is 1. The SMILES string of the molecule is CN(C(=O)c1cc(S)cs1)c1cccc(F)c1. The van der Waals surface area contributed by atoms with Crippen LogP contribution in [0.15, 0.2) is 40.6 Å². The van der Waals surface area contributed by atoms with Crippen molar-refractivity contribution in [1.82, 2.24) is 0 Å². The lowest BCUT2D eigenvalue weighted by Gasteiger charge is -2.16. The average molecular weight is 267 g/mol. The minimum absolute atomic E-state index is 0.166. The van der Waals surface area contributed by atoms with Crippen LogP contribution < -0.4 is 4.90 Å². The van der Waals surface area contributed by atoms with Crippen molar-refractivity contribution in [2.45, 2.75) is 4.90 Å². The van der Waals surface area contributed by atoms with E-state index < -0.39 is 0 Å². The molecule has 1 aromatic carbocycles. The molecule has 0 unspecified atom stereocenters. The summed E-state index contributed by atoms with van der Waals surface area (Å²) >= 11 is 5.48. The third kappa shape index (κ3) is 2.68. The molecular weight excluding hydrogens is 257 g/mol. The fraction of sp³-hybridized carbons (Fsp3) is 0.0833. The van der Waals surface area contributed by atoms with Gasteiger partial charge in [-0.2, -0.15) is 0 Å². The van der Waals surface area contributed by atoms with E-state index in [1.54, 1.807) is 30.6 Å². The van der Waals surface area contributed by atoms with Crippen LogP contribution in [0.3, 0.4) is 0 Å². The van der Waals surface area contributed by atoms with Gasteiger partial charge in [0, 0.05) is 23.0 Å². The van der Waals surface area contributed by atoms with Crippen molar-refractivity contribution in [3.05, 3.63) is 46.4 Å². The van der Waals surface area contributed by atoms with E-state index in [-0.39, 0.29) is 11.7 Å². The first-order valence-electron chi connectivity index (χ1n) is 4.89. The van der Waals surface area contributed by atoms with Crippen LogP contribution in [0, 0.1) is 5.82 Å². The third-order valence-corrected chi connectivity index (χ3v) is 3.65. The van der Waals surface area contributed by atoms with Gasteiger partial charge in [0.25, 0.3) is 5.91 Å². The van der Waals surface area contributed by atoms with Crippen LogP contribution in [0.25, 0.3) is 0 Å². The van der Waals surface area contributed by atoms with Crippen LogP contribution in [0.1, 0.15) is 9.67 Å². The number of carbonyl (C=O) groups excluding carboxylic acids is 1. The highest BCUT2D eigenvalue weighted by atomic mass is 32.1. The lowest BCUT2D eigenvalue weighted by molar-refractivity contribution is 0.0996. The normalized spacial score (nSPS) is 10.3. The second kappa shape index (κ2) is 4.89. The van der Waals surface area contributed by atoms with E-state index >= 15 is 0 Å². The molecule has 1 aromatic heterocycles. The lowest BCUT2D eigenvalue weighted by atomic mass is 10.3. The summed E-state index contributed by atoms with van der Waals surface area (Å²) in [6.07, 6.45) is 0. The number of hydrogen-bond acceptors (Lipinski definition) is 3. The van der Waals surface area contributed by atoms with Crippen LogP contribution in [0.5, 0.6) is 0 Å². The standard InChI is InChI=1S/C12H10FNOS2/c1-14(9-4-2-3-8(13)5-9)12(15)11-6-10(16)7-17-11/h2-7,16H,1H3. The predicted molar refractivity (Wildman–Crippen MR) is 70.7 cm³/mol. The maximum absolute atomic E-state index is 13.0. The first-order chi connectivity index (χ1) is 8.08. The minimum Gasteiger partial charge on any atom is -0.311 e. The van der Waals surface area contributed by atoms with Gasteiger partial charge in [0.1, 0.15) is 5.82 Å². The smallest absolute Gasteiger partial charge is 0.268 e. The number of rotatable bonds is 2. The van der Waals surface area contributed by atoms with E-state index in [9.17, 15) is 9.18 Å². The Morgan fingerprint density at radius 1 is 1.41 bits per heavy atom. The number of hydrogen-bond donors (Lipinski definition) is 1. The fourth-order valence-corrected chi connectivity index (χ4v) is 2.53. The van der Waals surface area contributed by atoms with E-state index in [0.29, 0.717) is 10.6 Å². The Morgan fingerprint density at radius 2 is 2.18 bits per heavy atom. The molecule has 0 N–H and O–H groups in total. The van der Waals surface area contributed by atoms with E-state index in [0.717, 1.165) is 4.90 Å². The summed E-state index contributed by atoms with van der Waals surface area (Å²) in [6, 6.07) is 7.64. The average Bonchev–Trinajstić information content (AvgIpc) is 2.74. The molecule has 0 fully saturated rings. The van der Waals surface area contributed by atoms with Crippen LogP contribution >= 0.6 is 24.0 Å². The topological polar surface area (TPSA) is 20.3 Å². The second-order valence-corrected chi connectivity index (χ2v) is 4.94. The Morgan fingerprint density at radius 3 is 2.76 bits per heavy atom. The summed E-state index contributed by atoms with van der Waals surface area (Å²) < 4.78 is 13.0. The van der Waals surface area contributed by atoms with E-state index in [4.69, 9.17) is 0 Å². The van der Waals surface area contributed by atoms with Gasteiger partial charge >= 0.3 is 0 Å². The van der Waals surface area contributed by atoms with Gasteiger partial charge in [-0.1, -0.05) is 6.07 Å². The zero-order valence-electron chi connectivity index (χ0n) is 9.05. The molecule has 0 aliphatic heterocycles. The quantitative estimate of drug-likeness (QED) is 0.826. The van der Waals surface area contributed by atoms with Crippen molar-refractivity contribution in [3.8, 4) is 0 Å². The molecule has 0 bridgehead atoms. The Kier molecular flexibility index (Phi) is 3.49. The van der Waals surface area contributed by atoms with Crippen molar-refractivity contribution in [1.29, 1.82) is 0 Å². The number of nitrogens with zero attached hydrogens (tertiary/aromatic N) is 1. The first kappa shape index (κ1) is 12.1. The molecule has 1 amide bonds. The molecule has 0 spiro atoms. The van der Waals surface area contributed by atoms with Gasteiger partial charge in [-0.3, -0.25) is 4.79 Å². The van der Waals surface area contributed by atoms with Gasteiger partial charge in [0.15, 0.2) is 0 Å². The summed E-state index contributed by atoms with van der Waals surface area (Å²) in [4.78, 5) is 14.8. The molecule has 0 atom stereocenters. The summed E-state index contributed by atoms with van der Waals surface area (Å²) in [5.41, 5.74) is 0.532. The van der Waals surface area contributed by atoms with Gasteiger partial charge < -0.3 is 4.90 Å². The lowest BCUT2D eigenvalue weighted by Crippen LogP contribution is -2.25. The van der Waals surface area contributed by atoms with Crippen LogP contribution in [-0.4, -0.2) is 13.0 Å². The van der Waals surface area contributed by atoms with E-state index in [1.165, 1.54) is 28.4 Å². The third-order valence-electron chi connectivity index (χ3n) is 2.30. The molecule has 0 saturated carbocycles. The minimum atomic E-state index is -0.358. The molecule has 2 nitrogen and oxygen atoms in total. The predicted octanol–water partition coefficient (Wildman–Crippen LogP) is 3.45. The van der Waals surface area contributed by atoms with Crippen molar-refractivity contribution >= 4 is 35.6 Å². The molecule has 1 heterocycles. The Labute approximate surface area is 108 Å². The number of anilines is 1. The van der Waals surface area contributed by atoms with E-state index in [2.05, 4.69) is 12.6 Å². The molecule has 0 radical (unpaired) electrons. The molecule has 5 heteroatoms. The maximum atomic E-state index is 13.0. The summed E-state index contributed by atoms with van der Waals surface area (Å²) in [5, 5.41) is 1.79. The van der Waals surface area contributed by atoms with E-state index in [1.807, 2.05) is 0 Å². The van der Waals surface area contributed by atoms with Gasteiger partial charge in [0.2, 0.25) is 0 Å². The second-order valence-electron chi connectivity index (χ2n) is 3.51. The summed E-state index contributed by atoms with van der Waals surface area (Å²) in [5.74, 6) is -0.524. The van der Waals surface area contributed by atoms with Crippen molar-refractivity contribution in [3.63, 3.8) is 0 Å². The van der Waals surface area contributed by atoms with Crippen LogP contribution in [-0.2, 0) is 0 Å². The highest BCUT2D eigenvalue weighted by Gasteiger charge is 2.15. The Bertz CT molecular complexity index is 553. The molecule has 17 heavy (non-hydrogen) atoms. The zero-order valence-corrected chi connectivity index (χ0v) is 10.8. The summed E-state index contributed by atoms with van der Waals surface area (Å²) in [7, 11) is 1.62. The largest absolute Gasteiger partial charge is 0.311 e. The van der Waals surface area contributed by atoms with Crippen LogP contribution in [0.2, 0.25) is 0 Å². The molecule has 2 rings (SSSR count). The van der Waals surface area contributed by atoms with Crippen molar-refractivity contribution in [2.24, 2.45) is 0 Å². The Balaban J connectivity index is 2.26. The first-order valence-corrected chi connectivity index (χ1v) is 6.22. The molecular formula is C12H10FNOS2. The van der Waals surface area contributed by atoms with Gasteiger partial charge in [-0.05, 0) is 24.3 Å². The van der Waals surface area contributed by atoms with Gasteiger partial charge in [-0.15, -0.1) is 24.0 Å². The number of thiol groups is 1. The maximum Gasteiger partial charge on any atom is 0.268 e. The summed E-state index contributed by atoms with van der Waals surface area (Å²) in [6.45, 7) is 0. The van der Waals surface area contributed by atoms with Crippen LogP contribution in [0.4, 0.5) is 10.1 Å².